The van der Waals surface area contributed by atoms with Crippen molar-refractivity contribution >= 4 is 6.03 Å². The molecule has 4 rings (SSSR count). The van der Waals surface area contributed by atoms with Gasteiger partial charge in [-0.3, -0.25) is 0 Å². The minimum absolute atomic E-state index is 0.0207. The van der Waals surface area contributed by atoms with E-state index in [0.717, 1.165) is 55.7 Å². The Kier molecular flexibility index (Phi) is 4.23. The molecule has 126 valence electrons. The summed E-state index contributed by atoms with van der Waals surface area (Å²) in [5, 5.41) is 14.6. The first kappa shape index (κ1) is 15.0. The second-order valence-corrected chi connectivity index (χ2v) is 7.40. The summed E-state index contributed by atoms with van der Waals surface area (Å²) in [6.45, 7) is 1.65. The molecule has 23 heavy (non-hydrogen) atoms. The molecule has 1 aromatic heterocycles. The van der Waals surface area contributed by atoms with Gasteiger partial charge in [0.15, 0.2) is 0 Å². The maximum Gasteiger partial charge on any atom is 0.315 e. The van der Waals surface area contributed by atoms with Crippen molar-refractivity contribution in [3.8, 4) is 0 Å². The molecule has 2 heterocycles. The number of aromatic nitrogens is 3. The van der Waals surface area contributed by atoms with Crippen LogP contribution in [0.15, 0.2) is 0 Å². The van der Waals surface area contributed by atoms with E-state index in [-0.39, 0.29) is 6.03 Å². The van der Waals surface area contributed by atoms with Gasteiger partial charge in [-0.1, -0.05) is 12.8 Å². The summed E-state index contributed by atoms with van der Waals surface area (Å²) < 4.78 is 2.20. The van der Waals surface area contributed by atoms with Crippen LogP contribution in [0.2, 0.25) is 0 Å². The standard InChI is InChI=1S/C17H27N5O/c23-17(19-14-4-1-3-13(11-14)12-6-7-12)18-9-8-16-21-20-15-5-2-10-22(15)16/h12-14H,1-11H2,(H2,18,19,23). The molecule has 0 spiro atoms. The second-order valence-electron chi connectivity index (χ2n) is 7.40. The van der Waals surface area contributed by atoms with E-state index in [2.05, 4.69) is 25.4 Å². The monoisotopic (exact) mass is 317 g/mol. The average molecular weight is 317 g/mol. The smallest absolute Gasteiger partial charge is 0.315 e. The van der Waals surface area contributed by atoms with Gasteiger partial charge < -0.3 is 15.2 Å². The van der Waals surface area contributed by atoms with E-state index in [0.29, 0.717) is 12.6 Å². The molecule has 6 nitrogen and oxygen atoms in total. The van der Waals surface area contributed by atoms with E-state index < -0.39 is 0 Å². The number of hydrogen-bond donors (Lipinski definition) is 2. The molecule has 2 amide bonds. The first-order chi connectivity index (χ1) is 11.3. The summed E-state index contributed by atoms with van der Waals surface area (Å²) in [7, 11) is 0. The summed E-state index contributed by atoms with van der Waals surface area (Å²) in [4.78, 5) is 12.1. The van der Waals surface area contributed by atoms with Gasteiger partial charge in [0.25, 0.3) is 0 Å². The predicted molar refractivity (Wildman–Crippen MR) is 87.1 cm³/mol. The number of nitrogens with zero attached hydrogens (tertiary/aromatic N) is 3. The Morgan fingerprint density at radius 2 is 2.04 bits per heavy atom. The minimum Gasteiger partial charge on any atom is -0.338 e. The molecule has 2 unspecified atom stereocenters. The Bertz CT molecular complexity index is 565. The van der Waals surface area contributed by atoms with Crippen molar-refractivity contribution in [1.82, 2.24) is 25.4 Å². The highest BCUT2D eigenvalue weighted by Crippen LogP contribution is 2.43. The fourth-order valence-corrected chi connectivity index (χ4v) is 4.27. The van der Waals surface area contributed by atoms with Crippen LogP contribution in [0.5, 0.6) is 0 Å². The molecular weight excluding hydrogens is 290 g/mol. The highest BCUT2D eigenvalue weighted by molar-refractivity contribution is 5.74. The number of amides is 2. The highest BCUT2D eigenvalue weighted by Gasteiger charge is 2.35. The third kappa shape index (κ3) is 3.51. The van der Waals surface area contributed by atoms with Crippen molar-refractivity contribution in [3.63, 3.8) is 0 Å². The number of aryl methyl sites for hydroxylation is 1. The lowest BCUT2D eigenvalue weighted by molar-refractivity contribution is 0.221. The molecule has 2 atom stereocenters. The Labute approximate surface area is 137 Å². The van der Waals surface area contributed by atoms with Crippen molar-refractivity contribution in [2.75, 3.05) is 6.54 Å². The van der Waals surface area contributed by atoms with Crippen LogP contribution in [-0.2, 0) is 19.4 Å². The molecule has 0 radical (unpaired) electrons. The quantitative estimate of drug-likeness (QED) is 0.873. The van der Waals surface area contributed by atoms with E-state index in [1.54, 1.807) is 0 Å². The lowest BCUT2D eigenvalue weighted by Crippen LogP contribution is -2.44. The van der Waals surface area contributed by atoms with Crippen LogP contribution >= 0.6 is 0 Å². The maximum absolute atomic E-state index is 12.1. The lowest BCUT2D eigenvalue weighted by Gasteiger charge is -2.29. The zero-order valence-electron chi connectivity index (χ0n) is 13.8. The zero-order chi connectivity index (χ0) is 15.6. The fourth-order valence-electron chi connectivity index (χ4n) is 4.27. The zero-order valence-corrected chi connectivity index (χ0v) is 13.8. The molecule has 2 N–H and O–H groups in total. The highest BCUT2D eigenvalue weighted by atomic mass is 16.2. The van der Waals surface area contributed by atoms with Gasteiger partial charge in [-0.05, 0) is 43.9 Å². The van der Waals surface area contributed by atoms with Crippen LogP contribution < -0.4 is 10.6 Å². The second kappa shape index (κ2) is 6.49. The Hall–Kier alpha value is -1.59. The fraction of sp³-hybridized carbons (Fsp3) is 0.824. The van der Waals surface area contributed by atoms with Gasteiger partial charge in [0, 0.05) is 32.0 Å². The Balaban J connectivity index is 1.19. The number of hydrogen-bond acceptors (Lipinski definition) is 3. The van der Waals surface area contributed by atoms with Gasteiger partial charge in [0.05, 0.1) is 0 Å². The molecule has 2 aliphatic carbocycles. The van der Waals surface area contributed by atoms with Crippen molar-refractivity contribution in [2.24, 2.45) is 11.8 Å². The number of fused-ring (bicyclic) bond motifs is 1. The number of carbonyl (C=O) groups excluding carboxylic acids is 1. The topological polar surface area (TPSA) is 71.8 Å². The summed E-state index contributed by atoms with van der Waals surface area (Å²) in [6.07, 6.45) is 10.7. The summed E-state index contributed by atoms with van der Waals surface area (Å²) in [5.74, 6) is 3.91. The molecule has 0 aromatic carbocycles. The molecule has 0 saturated heterocycles. The molecule has 1 aromatic rings. The molecule has 2 fully saturated rings. The van der Waals surface area contributed by atoms with Gasteiger partial charge in [-0.25, -0.2) is 4.79 Å². The number of urea groups is 1. The van der Waals surface area contributed by atoms with Gasteiger partial charge in [-0.2, -0.15) is 0 Å². The number of rotatable bonds is 5. The van der Waals surface area contributed by atoms with E-state index in [1.165, 1.54) is 32.1 Å². The van der Waals surface area contributed by atoms with Crippen molar-refractivity contribution in [3.05, 3.63) is 11.6 Å². The predicted octanol–water partition coefficient (Wildman–Crippen LogP) is 2.03. The molecule has 0 bridgehead atoms. The summed E-state index contributed by atoms with van der Waals surface area (Å²) in [6, 6.07) is 0.347. The normalized spacial score (nSPS) is 26.8. The number of carbonyl (C=O) groups is 1. The Morgan fingerprint density at radius 3 is 2.91 bits per heavy atom. The van der Waals surface area contributed by atoms with E-state index in [9.17, 15) is 4.79 Å². The Morgan fingerprint density at radius 1 is 1.13 bits per heavy atom. The van der Waals surface area contributed by atoms with E-state index in [1.807, 2.05) is 0 Å². The maximum atomic E-state index is 12.1. The molecule has 1 aliphatic heterocycles. The van der Waals surface area contributed by atoms with Gasteiger partial charge in [0.1, 0.15) is 11.6 Å². The average Bonchev–Trinajstić information content (AvgIpc) is 3.18. The van der Waals surface area contributed by atoms with Crippen molar-refractivity contribution in [1.29, 1.82) is 0 Å². The van der Waals surface area contributed by atoms with Crippen LogP contribution in [0, 0.1) is 11.8 Å². The summed E-state index contributed by atoms with van der Waals surface area (Å²) >= 11 is 0. The van der Waals surface area contributed by atoms with Crippen LogP contribution in [-0.4, -0.2) is 33.4 Å². The van der Waals surface area contributed by atoms with Crippen LogP contribution in [0.1, 0.15) is 56.6 Å². The molecule has 6 heteroatoms. The van der Waals surface area contributed by atoms with E-state index in [4.69, 9.17) is 0 Å². The van der Waals surface area contributed by atoms with Crippen molar-refractivity contribution < 1.29 is 4.79 Å². The van der Waals surface area contributed by atoms with Crippen LogP contribution in [0.3, 0.4) is 0 Å². The van der Waals surface area contributed by atoms with Gasteiger partial charge in [-0.15, -0.1) is 10.2 Å². The van der Waals surface area contributed by atoms with Crippen molar-refractivity contribution in [2.45, 2.75) is 70.4 Å². The first-order valence-corrected chi connectivity index (χ1v) is 9.25. The molecule has 3 aliphatic rings. The largest absolute Gasteiger partial charge is 0.338 e. The van der Waals surface area contributed by atoms with E-state index >= 15 is 0 Å². The van der Waals surface area contributed by atoms with Crippen LogP contribution in [0.4, 0.5) is 4.79 Å². The van der Waals surface area contributed by atoms with Gasteiger partial charge in [0.2, 0.25) is 0 Å². The number of nitrogens with one attached hydrogen (secondary N) is 2. The minimum atomic E-state index is -0.0207. The van der Waals surface area contributed by atoms with Gasteiger partial charge >= 0.3 is 6.03 Å². The lowest BCUT2D eigenvalue weighted by atomic mass is 9.83. The molecular formula is C17H27N5O. The first-order valence-electron chi connectivity index (χ1n) is 9.25. The van der Waals surface area contributed by atoms with Crippen LogP contribution in [0.25, 0.3) is 0 Å². The summed E-state index contributed by atoms with van der Waals surface area (Å²) in [5.41, 5.74) is 0. The molecule has 2 saturated carbocycles. The SMILES string of the molecule is O=C(NCCc1nnc2n1CCC2)NC1CCCC(C2CC2)C1. The third-order valence-electron chi connectivity index (χ3n) is 5.66. The third-order valence-corrected chi connectivity index (χ3v) is 5.66.